The van der Waals surface area contributed by atoms with Crippen molar-refractivity contribution in [1.82, 2.24) is 5.32 Å². The van der Waals surface area contributed by atoms with Gasteiger partial charge in [0.2, 0.25) is 0 Å². The summed E-state index contributed by atoms with van der Waals surface area (Å²) in [5.41, 5.74) is 1.02. The summed E-state index contributed by atoms with van der Waals surface area (Å²) >= 11 is 13.2. The van der Waals surface area contributed by atoms with Gasteiger partial charge < -0.3 is 15.2 Å². The number of nitrogens with one attached hydrogen (secondary N) is 1. The molecule has 0 radical (unpaired) electrons. The third-order valence-electron chi connectivity index (χ3n) is 3.34. The number of hydrogen-bond donors (Lipinski definition) is 2. The number of para-hydroxylation sites is 1. The second-order valence-electron chi connectivity index (χ2n) is 5.30. The Labute approximate surface area is 168 Å². The maximum Gasteiger partial charge on any atom is 0.341 e. The van der Waals surface area contributed by atoms with E-state index in [1.165, 1.54) is 0 Å². The lowest BCUT2D eigenvalue weighted by atomic mass is 10.2. The van der Waals surface area contributed by atoms with Crippen LogP contribution in [0.3, 0.4) is 0 Å². The third-order valence-corrected chi connectivity index (χ3v) is 4.80. The lowest BCUT2D eigenvalue weighted by molar-refractivity contribution is -0.139. The van der Waals surface area contributed by atoms with E-state index in [1.54, 1.807) is 48.5 Å². The average Bonchev–Trinajstić information content (AvgIpc) is 2.96. The van der Waals surface area contributed by atoms with Crippen LogP contribution in [-0.4, -0.2) is 28.8 Å². The fourth-order valence-electron chi connectivity index (χ4n) is 2.17. The fraction of sp³-hybridized carbons (Fsp3) is 0.0556. The number of carboxylic acids is 1. The molecule has 1 aliphatic rings. The summed E-state index contributed by atoms with van der Waals surface area (Å²) in [7, 11) is 0. The minimum atomic E-state index is -1.08. The number of aliphatic carboxylic acids is 1. The van der Waals surface area contributed by atoms with E-state index in [2.05, 4.69) is 10.3 Å². The number of carboxylic acid groups (broad SMARTS) is 1. The average molecular weight is 423 g/mol. The van der Waals surface area contributed by atoms with Crippen LogP contribution >= 0.6 is 35.0 Å². The second-order valence-corrected chi connectivity index (χ2v) is 7.17. The van der Waals surface area contributed by atoms with Crippen LogP contribution in [0.15, 0.2) is 52.4 Å². The van der Waals surface area contributed by atoms with E-state index >= 15 is 0 Å². The summed E-state index contributed by atoms with van der Waals surface area (Å²) < 4.78 is 5.25. The van der Waals surface area contributed by atoms with Gasteiger partial charge in [0, 0.05) is 10.6 Å². The number of rotatable bonds is 5. The summed E-state index contributed by atoms with van der Waals surface area (Å²) in [5.74, 6) is -1.05. The Hall–Kier alpha value is -2.48. The molecule has 0 atom stereocenters. The number of halogens is 2. The smallest absolute Gasteiger partial charge is 0.341 e. The largest absolute Gasteiger partial charge is 0.481 e. The van der Waals surface area contributed by atoms with E-state index in [-0.39, 0.29) is 5.91 Å². The van der Waals surface area contributed by atoms with E-state index in [0.29, 0.717) is 37.1 Å². The minimum Gasteiger partial charge on any atom is -0.481 e. The van der Waals surface area contributed by atoms with Crippen LogP contribution in [0.5, 0.6) is 5.75 Å². The highest BCUT2D eigenvalue weighted by atomic mass is 35.5. The summed E-state index contributed by atoms with van der Waals surface area (Å²) in [5, 5.41) is 12.7. The Balaban J connectivity index is 1.85. The Morgan fingerprint density at radius 3 is 2.81 bits per heavy atom. The van der Waals surface area contributed by atoms with Gasteiger partial charge in [0.15, 0.2) is 11.8 Å². The number of carbonyl (C=O) groups excluding carboxylic acids is 1. The van der Waals surface area contributed by atoms with E-state index in [0.717, 1.165) is 11.8 Å². The summed E-state index contributed by atoms with van der Waals surface area (Å²) in [6.45, 7) is -0.473. The van der Waals surface area contributed by atoms with Crippen LogP contribution in [0.4, 0.5) is 5.69 Å². The monoisotopic (exact) mass is 422 g/mol. The number of amidine groups is 1. The van der Waals surface area contributed by atoms with Gasteiger partial charge in [0.05, 0.1) is 15.6 Å². The summed E-state index contributed by atoms with van der Waals surface area (Å²) in [4.78, 5) is 27.6. The van der Waals surface area contributed by atoms with Gasteiger partial charge in [-0.05, 0) is 42.1 Å². The third kappa shape index (κ3) is 5.03. The molecule has 1 saturated heterocycles. The fourth-order valence-corrected chi connectivity index (χ4v) is 3.33. The molecule has 1 fully saturated rings. The highest BCUT2D eigenvalue weighted by molar-refractivity contribution is 8.18. The highest BCUT2D eigenvalue weighted by Crippen LogP contribution is 2.33. The normalized spacial score (nSPS) is 16.6. The molecule has 9 heteroatoms. The first kappa shape index (κ1) is 19.3. The molecule has 6 nitrogen and oxygen atoms in total. The Morgan fingerprint density at radius 1 is 1.26 bits per heavy atom. The number of amides is 1. The number of ether oxygens (including phenoxy) is 1. The molecule has 0 saturated carbocycles. The Bertz CT molecular complexity index is 976. The molecule has 0 aliphatic carbocycles. The van der Waals surface area contributed by atoms with E-state index in [9.17, 15) is 9.59 Å². The molecule has 1 aliphatic heterocycles. The maximum atomic E-state index is 12.2. The Kier molecular flexibility index (Phi) is 6.05. The predicted molar refractivity (Wildman–Crippen MR) is 107 cm³/mol. The number of carbonyl (C=O) groups is 2. The van der Waals surface area contributed by atoms with Crippen LogP contribution in [0, 0.1) is 0 Å². The molecule has 0 aromatic heterocycles. The summed E-state index contributed by atoms with van der Waals surface area (Å²) in [6.07, 6.45) is 1.61. The van der Waals surface area contributed by atoms with Crippen molar-refractivity contribution in [3.05, 3.63) is 63.0 Å². The number of aliphatic imine (C=N–C) groups is 1. The van der Waals surface area contributed by atoms with E-state index in [1.807, 2.05) is 0 Å². The number of nitrogens with zero attached hydrogens (tertiary/aromatic N) is 1. The van der Waals surface area contributed by atoms with Crippen molar-refractivity contribution in [2.75, 3.05) is 6.61 Å². The predicted octanol–water partition coefficient (Wildman–Crippen LogP) is 4.35. The lowest BCUT2D eigenvalue weighted by Crippen LogP contribution is -2.19. The van der Waals surface area contributed by atoms with Crippen LogP contribution in [0.2, 0.25) is 10.0 Å². The van der Waals surface area contributed by atoms with Crippen LogP contribution in [-0.2, 0) is 9.59 Å². The SMILES string of the molecule is O=C(O)COc1ccccc1C=C1SC(=Nc2cc(Cl)ccc2Cl)NC1=O. The molecule has 1 heterocycles. The zero-order valence-corrected chi connectivity index (χ0v) is 15.9. The van der Waals surface area contributed by atoms with Crippen molar-refractivity contribution in [1.29, 1.82) is 0 Å². The van der Waals surface area contributed by atoms with Crippen molar-refractivity contribution >= 4 is 63.8 Å². The van der Waals surface area contributed by atoms with Gasteiger partial charge in [0.1, 0.15) is 5.75 Å². The molecule has 0 spiro atoms. The first-order chi connectivity index (χ1) is 12.9. The molecule has 0 unspecified atom stereocenters. The van der Waals surface area contributed by atoms with Gasteiger partial charge in [-0.15, -0.1) is 0 Å². The zero-order chi connectivity index (χ0) is 19.4. The van der Waals surface area contributed by atoms with Gasteiger partial charge in [-0.2, -0.15) is 0 Å². The molecular formula is C18H12Cl2N2O4S. The second kappa shape index (κ2) is 8.47. The van der Waals surface area contributed by atoms with Crippen LogP contribution < -0.4 is 10.1 Å². The molecule has 27 heavy (non-hydrogen) atoms. The van der Waals surface area contributed by atoms with Gasteiger partial charge in [-0.1, -0.05) is 41.4 Å². The molecular weight excluding hydrogens is 411 g/mol. The zero-order valence-electron chi connectivity index (χ0n) is 13.6. The highest BCUT2D eigenvalue weighted by Gasteiger charge is 2.24. The van der Waals surface area contributed by atoms with E-state index < -0.39 is 12.6 Å². The molecule has 1 amide bonds. The van der Waals surface area contributed by atoms with Crippen molar-refractivity contribution in [2.24, 2.45) is 4.99 Å². The lowest BCUT2D eigenvalue weighted by Gasteiger charge is -2.06. The van der Waals surface area contributed by atoms with Gasteiger partial charge in [-0.3, -0.25) is 4.79 Å². The van der Waals surface area contributed by atoms with Crippen molar-refractivity contribution < 1.29 is 19.4 Å². The van der Waals surface area contributed by atoms with Crippen molar-refractivity contribution in [2.45, 2.75) is 0 Å². The quantitative estimate of drug-likeness (QED) is 0.699. The van der Waals surface area contributed by atoms with Gasteiger partial charge >= 0.3 is 5.97 Å². The number of benzene rings is 2. The molecule has 2 aromatic rings. The summed E-state index contributed by atoms with van der Waals surface area (Å²) in [6, 6.07) is 11.7. The topological polar surface area (TPSA) is 88.0 Å². The van der Waals surface area contributed by atoms with Crippen molar-refractivity contribution in [3.63, 3.8) is 0 Å². The van der Waals surface area contributed by atoms with Crippen molar-refractivity contribution in [3.8, 4) is 5.75 Å². The first-order valence-corrected chi connectivity index (χ1v) is 9.18. The molecule has 2 N–H and O–H groups in total. The molecule has 3 rings (SSSR count). The molecule has 2 aromatic carbocycles. The maximum absolute atomic E-state index is 12.2. The van der Waals surface area contributed by atoms with Crippen LogP contribution in [0.25, 0.3) is 6.08 Å². The Morgan fingerprint density at radius 2 is 2.04 bits per heavy atom. The van der Waals surface area contributed by atoms with Gasteiger partial charge in [0.25, 0.3) is 5.91 Å². The molecule has 138 valence electrons. The standard InChI is InChI=1S/C18H12Cl2N2O4S/c19-11-5-6-12(20)13(8-11)21-18-22-17(25)15(27-18)7-10-3-1-2-4-14(10)26-9-16(23)24/h1-8H,9H2,(H,23,24)(H,21,22,25). The minimum absolute atomic E-state index is 0.329. The first-order valence-electron chi connectivity index (χ1n) is 7.60. The number of hydrogen-bond acceptors (Lipinski definition) is 5. The van der Waals surface area contributed by atoms with Gasteiger partial charge in [-0.25, -0.2) is 9.79 Å². The van der Waals surface area contributed by atoms with Crippen LogP contribution in [0.1, 0.15) is 5.56 Å². The molecule has 0 bridgehead atoms. The van der Waals surface area contributed by atoms with E-state index in [4.69, 9.17) is 33.0 Å². The number of thioether (sulfide) groups is 1.